The molecule has 1 amide bonds. The molecule has 0 bridgehead atoms. The van der Waals surface area contributed by atoms with Crippen LogP contribution in [0.5, 0.6) is 0 Å². The lowest BCUT2D eigenvalue weighted by molar-refractivity contribution is -0.387. The molecular weight excluding hydrogens is 835 g/mol. The van der Waals surface area contributed by atoms with Crippen molar-refractivity contribution in [2.45, 2.75) is 148 Å². The Bertz CT molecular complexity index is 2300. The third kappa shape index (κ3) is 9.73. The SMILES string of the molecule is CC(C)CCCC(C)[C@H]1CCC2C3CC=C4CC(N(CCCNC(=O)CCCCCNc5ccc([N+](=O)[O-])c6nonc56)S(=O)(=O)c5ccccc5[N+](=O)[O-])CC[C@]4(C)C3CC[C@@]21C. The molecule has 8 atom stereocenters. The van der Waals surface area contributed by atoms with Crippen LogP contribution < -0.4 is 10.6 Å². The first kappa shape index (κ1) is 47.5. The van der Waals surface area contributed by atoms with Crippen LogP contribution in [0.1, 0.15) is 137 Å². The predicted molar refractivity (Wildman–Crippen MR) is 247 cm³/mol. The zero-order valence-corrected chi connectivity index (χ0v) is 39.2. The number of benzene rings is 2. The summed E-state index contributed by atoms with van der Waals surface area (Å²) >= 11 is 0. The molecule has 0 aliphatic heterocycles. The van der Waals surface area contributed by atoms with Crippen molar-refractivity contribution in [3.63, 3.8) is 0 Å². The minimum atomic E-state index is -4.26. The number of nitrogens with zero attached hydrogens (tertiary/aromatic N) is 5. The Kier molecular flexibility index (Phi) is 14.8. The van der Waals surface area contributed by atoms with Crippen LogP contribution in [0, 0.1) is 66.6 Å². The Morgan fingerprint density at radius 2 is 1.64 bits per heavy atom. The maximum absolute atomic E-state index is 14.6. The smallest absolute Gasteiger partial charge is 0.300 e. The van der Waals surface area contributed by atoms with Crippen LogP contribution in [0.3, 0.4) is 0 Å². The molecular formula is C48H69N7O8S. The molecule has 1 aromatic heterocycles. The summed E-state index contributed by atoms with van der Waals surface area (Å²) in [6.45, 7) is 13.2. The van der Waals surface area contributed by atoms with Gasteiger partial charge < -0.3 is 10.6 Å². The molecule has 3 saturated carbocycles. The number of allylic oxidation sites excluding steroid dienone is 1. The normalized spacial score (nSPS) is 27.1. The summed E-state index contributed by atoms with van der Waals surface area (Å²) in [4.78, 5) is 34.8. The highest BCUT2D eigenvalue weighted by Gasteiger charge is 2.59. The van der Waals surface area contributed by atoms with E-state index in [-0.39, 0.29) is 52.1 Å². The number of unbranched alkanes of at least 4 members (excludes halogenated alkanes) is 2. The minimum absolute atomic E-state index is 0.00560. The highest BCUT2D eigenvalue weighted by Crippen LogP contribution is 2.67. The Morgan fingerprint density at radius 3 is 2.41 bits per heavy atom. The van der Waals surface area contributed by atoms with E-state index in [9.17, 15) is 33.4 Å². The van der Waals surface area contributed by atoms with Crippen LogP contribution in [0.4, 0.5) is 17.1 Å². The lowest BCUT2D eigenvalue weighted by Gasteiger charge is -2.59. The average molecular weight is 904 g/mol. The first-order valence-corrected chi connectivity index (χ1v) is 25.3. The number of anilines is 1. The molecule has 3 fully saturated rings. The van der Waals surface area contributed by atoms with Crippen molar-refractivity contribution in [2.24, 2.45) is 46.3 Å². The summed E-state index contributed by atoms with van der Waals surface area (Å²) in [6.07, 6.45) is 17.6. The van der Waals surface area contributed by atoms with Crippen LogP contribution in [0.15, 0.2) is 57.6 Å². The number of fused-ring (bicyclic) bond motifs is 6. The number of carbonyl (C=O) groups excluding carboxylic acids is 1. The van der Waals surface area contributed by atoms with E-state index in [4.69, 9.17) is 4.63 Å². The lowest BCUT2D eigenvalue weighted by Crippen LogP contribution is -2.53. The quantitative estimate of drug-likeness (QED) is 0.0445. The average Bonchev–Trinajstić information content (AvgIpc) is 3.90. The zero-order valence-electron chi connectivity index (χ0n) is 38.4. The predicted octanol–water partition coefficient (Wildman–Crippen LogP) is 10.6. The van der Waals surface area contributed by atoms with E-state index in [1.807, 2.05) is 0 Å². The summed E-state index contributed by atoms with van der Waals surface area (Å²) in [6, 6.07) is 8.21. The number of hydrogen-bond donors (Lipinski definition) is 2. The number of nitrogens with one attached hydrogen (secondary N) is 2. The highest BCUT2D eigenvalue weighted by molar-refractivity contribution is 7.89. The van der Waals surface area contributed by atoms with Crippen molar-refractivity contribution in [2.75, 3.05) is 25.0 Å². The number of nitro benzene ring substituents is 2. The van der Waals surface area contributed by atoms with Gasteiger partial charge in [0.1, 0.15) is 0 Å². The number of carbonyl (C=O) groups is 1. The Hall–Kier alpha value is -4.44. The van der Waals surface area contributed by atoms with Crippen molar-refractivity contribution >= 4 is 44.0 Å². The molecule has 64 heavy (non-hydrogen) atoms. The van der Waals surface area contributed by atoms with Crippen LogP contribution in [0.25, 0.3) is 11.0 Å². The Morgan fingerprint density at radius 1 is 0.875 bits per heavy atom. The van der Waals surface area contributed by atoms with Gasteiger partial charge in [0.15, 0.2) is 10.4 Å². The van der Waals surface area contributed by atoms with E-state index in [1.54, 1.807) is 6.07 Å². The fraction of sp³-hybridized carbons (Fsp3) is 0.688. The number of non-ortho nitro benzene ring substituents is 1. The number of para-hydroxylation sites is 1. The van der Waals surface area contributed by atoms with Crippen molar-refractivity contribution in [3.05, 3.63) is 68.3 Å². The third-order valence-corrected chi connectivity index (χ3v) is 18.2. The fourth-order valence-corrected chi connectivity index (χ4v) is 14.7. The summed E-state index contributed by atoms with van der Waals surface area (Å²) in [5.41, 5.74) is 2.07. The molecule has 15 nitrogen and oxygen atoms in total. The van der Waals surface area contributed by atoms with Crippen LogP contribution in [-0.2, 0) is 14.8 Å². The van der Waals surface area contributed by atoms with Gasteiger partial charge in [-0.3, -0.25) is 25.0 Å². The van der Waals surface area contributed by atoms with E-state index in [2.05, 4.69) is 61.6 Å². The summed E-state index contributed by atoms with van der Waals surface area (Å²) in [5, 5.41) is 37.0. The Balaban J connectivity index is 0.953. The molecule has 2 aromatic carbocycles. The summed E-state index contributed by atoms with van der Waals surface area (Å²) < 4.78 is 35.4. The number of sulfonamides is 1. The molecule has 4 aliphatic rings. The summed E-state index contributed by atoms with van der Waals surface area (Å²) in [5.74, 6) is 4.10. The van der Waals surface area contributed by atoms with E-state index < -0.39 is 25.6 Å². The van der Waals surface area contributed by atoms with Crippen LogP contribution >= 0.6 is 0 Å². The molecule has 3 aromatic rings. The largest absolute Gasteiger partial charge is 0.383 e. The molecule has 0 spiro atoms. The van der Waals surface area contributed by atoms with E-state index >= 15 is 0 Å². The molecule has 0 radical (unpaired) electrons. The molecule has 1 heterocycles. The molecule has 350 valence electrons. The molecule has 2 N–H and O–H groups in total. The Labute approximate surface area is 378 Å². The first-order chi connectivity index (χ1) is 30.6. The van der Waals surface area contributed by atoms with Gasteiger partial charge in [-0.25, -0.2) is 13.0 Å². The molecule has 7 rings (SSSR count). The zero-order chi connectivity index (χ0) is 45.8. The van der Waals surface area contributed by atoms with E-state index in [1.165, 1.54) is 85.2 Å². The third-order valence-electron chi connectivity index (χ3n) is 16.2. The van der Waals surface area contributed by atoms with Gasteiger partial charge in [-0.15, -0.1) is 0 Å². The van der Waals surface area contributed by atoms with Gasteiger partial charge in [0, 0.05) is 44.2 Å². The molecule has 16 heteroatoms. The minimum Gasteiger partial charge on any atom is -0.383 e. The second kappa shape index (κ2) is 20.0. The maximum atomic E-state index is 14.6. The van der Waals surface area contributed by atoms with Gasteiger partial charge in [-0.2, -0.15) is 4.31 Å². The van der Waals surface area contributed by atoms with E-state index in [0.717, 1.165) is 49.4 Å². The monoisotopic (exact) mass is 903 g/mol. The first-order valence-electron chi connectivity index (χ1n) is 23.9. The van der Waals surface area contributed by atoms with Gasteiger partial charge in [0.25, 0.3) is 5.69 Å². The molecule has 0 saturated heterocycles. The molecule has 5 unspecified atom stereocenters. The van der Waals surface area contributed by atoms with Gasteiger partial charge in [-0.05, 0) is 139 Å². The van der Waals surface area contributed by atoms with Crippen molar-refractivity contribution in [1.82, 2.24) is 19.9 Å². The van der Waals surface area contributed by atoms with Crippen molar-refractivity contribution < 1.29 is 27.7 Å². The van der Waals surface area contributed by atoms with Crippen LogP contribution in [0.2, 0.25) is 0 Å². The molecule has 4 aliphatic carbocycles. The fourth-order valence-electron chi connectivity index (χ4n) is 12.9. The number of aromatic nitrogens is 2. The van der Waals surface area contributed by atoms with Gasteiger partial charge >= 0.3 is 5.69 Å². The number of amides is 1. The topological polar surface area (TPSA) is 204 Å². The van der Waals surface area contributed by atoms with Crippen molar-refractivity contribution in [1.29, 1.82) is 0 Å². The maximum Gasteiger partial charge on any atom is 0.300 e. The second-order valence-electron chi connectivity index (χ2n) is 20.3. The van der Waals surface area contributed by atoms with Gasteiger partial charge in [0.05, 0.1) is 15.5 Å². The standard InChI is InChI=1S/C48H69N7O8S/c1-32(2)13-11-14-33(3)37-20-21-38-36-19-18-34-31-35(24-26-47(34,4)39(36)25-27-48(37,38)5)53(64(61,62)43-16-9-8-15-41(43)54(57)58)30-12-29-50-44(56)17-7-6-10-28-49-40-22-23-42(55(59)60)46-45(40)51-63-52-46/h8-9,15-16,18,22-23,32-33,35-39,49H,6-7,10-14,17,19-21,24-31H2,1-5H3,(H,50,56)/t33?,35?,36?,37-,38?,39?,47+,48-/m1/s1. The lowest BCUT2D eigenvalue weighted by atomic mass is 9.47. The number of hydrogen-bond acceptors (Lipinski definition) is 11. The second-order valence-corrected chi connectivity index (χ2v) is 22.2. The van der Waals surface area contributed by atoms with Crippen LogP contribution in [-0.4, -0.2) is 64.5 Å². The number of nitro groups is 2. The van der Waals surface area contributed by atoms with Crippen molar-refractivity contribution in [3.8, 4) is 0 Å². The highest BCUT2D eigenvalue weighted by atomic mass is 32.2. The summed E-state index contributed by atoms with van der Waals surface area (Å²) in [7, 11) is -4.26. The van der Waals surface area contributed by atoms with Gasteiger partial charge in [-0.1, -0.05) is 84.1 Å². The van der Waals surface area contributed by atoms with E-state index in [0.29, 0.717) is 61.6 Å². The number of rotatable bonds is 21. The van der Waals surface area contributed by atoms with Gasteiger partial charge in [0.2, 0.25) is 21.4 Å².